The second-order valence-corrected chi connectivity index (χ2v) is 3.01. The highest BCUT2D eigenvalue weighted by atomic mass is 19.4. The van der Waals surface area contributed by atoms with Crippen LogP contribution in [0.25, 0.3) is 0 Å². The Morgan fingerprint density at radius 2 is 1.12 bits per heavy atom. The minimum atomic E-state index is -6.22. The standard InChI is InChI=1S/C9H5F7O/c10-7(8(11,12)13,9(14,15)16)17-6-4-2-1-3-5-6/h1-5H. The molecule has 8 heteroatoms. The van der Waals surface area contributed by atoms with Gasteiger partial charge in [-0.05, 0) is 12.1 Å². The molecular formula is C9H5F7O. The molecule has 0 aliphatic heterocycles. The largest absolute Gasteiger partial charge is 0.470 e. The van der Waals surface area contributed by atoms with E-state index in [4.69, 9.17) is 0 Å². The zero-order valence-electron chi connectivity index (χ0n) is 7.94. The van der Waals surface area contributed by atoms with Crippen molar-refractivity contribution in [2.24, 2.45) is 0 Å². The van der Waals surface area contributed by atoms with Gasteiger partial charge < -0.3 is 4.74 Å². The SMILES string of the molecule is FC(F)(F)C(F)(Oc1ccccc1)C(F)(F)F. The number of ether oxygens (including phenoxy) is 1. The van der Waals surface area contributed by atoms with Crippen molar-refractivity contribution in [1.29, 1.82) is 0 Å². The van der Waals surface area contributed by atoms with E-state index in [0.717, 1.165) is 24.3 Å². The summed E-state index contributed by atoms with van der Waals surface area (Å²) in [7, 11) is 0. The Balaban J connectivity index is 3.11. The Bertz CT molecular complexity index is 353. The molecule has 0 N–H and O–H groups in total. The summed E-state index contributed by atoms with van der Waals surface area (Å²) >= 11 is 0. The average molecular weight is 262 g/mol. The third kappa shape index (κ3) is 2.62. The van der Waals surface area contributed by atoms with Gasteiger partial charge in [0.25, 0.3) is 0 Å². The fourth-order valence-corrected chi connectivity index (χ4v) is 0.927. The minimum Gasteiger partial charge on any atom is -0.444 e. The quantitative estimate of drug-likeness (QED) is 0.735. The van der Waals surface area contributed by atoms with Crippen LogP contribution < -0.4 is 4.74 Å². The number of para-hydroxylation sites is 1. The maximum Gasteiger partial charge on any atom is 0.470 e. The molecule has 0 radical (unpaired) electrons. The van der Waals surface area contributed by atoms with Crippen LogP contribution in [0.5, 0.6) is 5.75 Å². The van der Waals surface area contributed by atoms with E-state index in [2.05, 4.69) is 4.74 Å². The van der Waals surface area contributed by atoms with E-state index in [0.29, 0.717) is 0 Å². The Morgan fingerprint density at radius 1 is 0.706 bits per heavy atom. The van der Waals surface area contributed by atoms with E-state index >= 15 is 0 Å². The van der Waals surface area contributed by atoms with E-state index in [1.165, 1.54) is 6.07 Å². The second kappa shape index (κ2) is 4.08. The van der Waals surface area contributed by atoms with Gasteiger partial charge >= 0.3 is 18.2 Å². The molecule has 0 heterocycles. The van der Waals surface area contributed by atoms with Crippen molar-refractivity contribution in [3.8, 4) is 5.75 Å². The van der Waals surface area contributed by atoms with E-state index in [-0.39, 0.29) is 0 Å². The molecule has 0 unspecified atom stereocenters. The fourth-order valence-electron chi connectivity index (χ4n) is 0.927. The Morgan fingerprint density at radius 3 is 1.47 bits per heavy atom. The molecule has 0 bridgehead atoms. The zero-order chi connectivity index (χ0) is 13.3. The van der Waals surface area contributed by atoms with Crippen LogP contribution in [0.4, 0.5) is 30.7 Å². The highest BCUT2D eigenvalue weighted by Crippen LogP contribution is 2.47. The lowest BCUT2D eigenvalue weighted by molar-refractivity contribution is -0.405. The van der Waals surface area contributed by atoms with Gasteiger partial charge in [-0.15, -0.1) is 0 Å². The maximum absolute atomic E-state index is 13.0. The molecule has 1 nitrogen and oxygen atoms in total. The van der Waals surface area contributed by atoms with Crippen LogP contribution >= 0.6 is 0 Å². The van der Waals surface area contributed by atoms with Gasteiger partial charge in [0.2, 0.25) is 0 Å². The van der Waals surface area contributed by atoms with Crippen LogP contribution in [0.3, 0.4) is 0 Å². The fraction of sp³-hybridized carbons (Fsp3) is 0.333. The Labute approximate surface area is 90.8 Å². The molecule has 0 aromatic heterocycles. The number of hydrogen-bond donors (Lipinski definition) is 0. The van der Waals surface area contributed by atoms with Gasteiger partial charge in [-0.3, -0.25) is 0 Å². The van der Waals surface area contributed by atoms with Gasteiger partial charge in [0, 0.05) is 0 Å². The van der Waals surface area contributed by atoms with E-state index < -0.39 is 24.0 Å². The van der Waals surface area contributed by atoms with Gasteiger partial charge in [0.05, 0.1) is 0 Å². The Hall–Kier alpha value is -1.47. The third-order valence-electron chi connectivity index (χ3n) is 1.73. The predicted molar refractivity (Wildman–Crippen MR) is 43.0 cm³/mol. The average Bonchev–Trinajstić information content (AvgIpc) is 2.15. The number of benzene rings is 1. The molecule has 0 atom stereocenters. The predicted octanol–water partition coefficient (Wildman–Crippen LogP) is 3.86. The summed E-state index contributed by atoms with van der Waals surface area (Å²) in [6, 6.07) is 5.12. The smallest absolute Gasteiger partial charge is 0.444 e. The summed E-state index contributed by atoms with van der Waals surface area (Å²) in [5.74, 6) is -6.59. The molecule has 1 aromatic rings. The summed E-state index contributed by atoms with van der Waals surface area (Å²) in [5.41, 5.74) is 0. The lowest BCUT2D eigenvalue weighted by atomic mass is 10.2. The molecule has 96 valence electrons. The first-order chi connectivity index (χ1) is 7.58. The summed E-state index contributed by atoms with van der Waals surface area (Å²) in [5, 5.41) is 0. The molecule has 0 saturated carbocycles. The molecule has 0 spiro atoms. The topological polar surface area (TPSA) is 9.23 Å². The summed E-state index contributed by atoms with van der Waals surface area (Å²) in [6.07, 6.45) is -12.4. The van der Waals surface area contributed by atoms with Gasteiger partial charge in [-0.2, -0.15) is 30.7 Å². The van der Waals surface area contributed by atoms with Crippen molar-refractivity contribution in [3.05, 3.63) is 30.3 Å². The maximum atomic E-state index is 13.0. The number of rotatable bonds is 2. The van der Waals surface area contributed by atoms with E-state index in [1.54, 1.807) is 0 Å². The van der Waals surface area contributed by atoms with Crippen molar-refractivity contribution in [2.45, 2.75) is 18.2 Å². The molecule has 0 amide bonds. The number of halogens is 7. The molecule has 1 rings (SSSR count). The first-order valence-electron chi connectivity index (χ1n) is 4.14. The molecule has 0 fully saturated rings. The molecule has 1 aromatic carbocycles. The molecule has 0 saturated heterocycles. The highest BCUT2D eigenvalue weighted by molar-refractivity contribution is 5.22. The third-order valence-corrected chi connectivity index (χ3v) is 1.73. The highest BCUT2D eigenvalue weighted by Gasteiger charge is 2.76. The molecule has 0 aliphatic carbocycles. The molecule has 0 aliphatic rings. The number of hydrogen-bond acceptors (Lipinski definition) is 1. The van der Waals surface area contributed by atoms with Gasteiger partial charge in [-0.1, -0.05) is 18.2 Å². The molecular weight excluding hydrogens is 257 g/mol. The first-order valence-corrected chi connectivity index (χ1v) is 4.14. The van der Waals surface area contributed by atoms with Gasteiger partial charge in [0.15, 0.2) is 0 Å². The van der Waals surface area contributed by atoms with Gasteiger partial charge in [-0.25, -0.2) is 0 Å². The van der Waals surface area contributed by atoms with Crippen molar-refractivity contribution >= 4 is 0 Å². The zero-order valence-corrected chi connectivity index (χ0v) is 7.94. The molecule has 17 heavy (non-hydrogen) atoms. The van der Waals surface area contributed by atoms with Crippen LogP contribution in [-0.4, -0.2) is 18.2 Å². The first kappa shape index (κ1) is 13.6. The number of alkyl halides is 7. The normalized spacial score (nSPS) is 13.6. The van der Waals surface area contributed by atoms with Crippen molar-refractivity contribution in [1.82, 2.24) is 0 Å². The Kier molecular flexibility index (Phi) is 3.26. The summed E-state index contributed by atoms with van der Waals surface area (Å²) < 4.78 is 88.8. The van der Waals surface area contributed by atoms with Crippen LogP contribution in [0.1, 0.15) is 0 Å². The van der Waals surface area contributed by atoms with E-state index in [9.17, 15) is 30.7 Å². The monoisotopic (exact) mass is 262 g/mol. The van der Waals surface area contributed by atoms with Crippen LogP contribution in [0.2, 0.25) is 0 Å². The van der Waals surface area contributed by atoms with Crippen molar-refractivity contribution in [3.63, 3.8) is 0 Å². The summed E-state index contributed by atoms with van der Waals surface area (Å²) in [6.45, 7) is 0. The second-order valence-electron chi connectivity index (χ2n) is 3.01. The lowest BCUT2D eigenvalue weighted by Gasteiger charge is -2.29. The van der Waals surface area contributed by atoms with Crippen LogP contribution in [-0.2, 0) is 0 Å². The minimum absolute atomic E-state index is 0.784. The van der Waals surface area contributed by atoms with Gasteiger partial charge in [0.1, 0.15) is 5.75 Å². The van der Waals surface area contributed by atoms with Crippen LogP contribution in [0.15, 0.2) is 30.3 Å². The van der Waals surface area contributed by atoms with Crippen molar-refractivity contribution in [2.75, 3.05) is 0 Å². The van der Waals surface area contributed by atoms with E-state index in [1.807, 2.05) is 0 Å². The lowest BCUT2D eigenvalue weighted by Crippen LogP contribution is -2.57. The van der Waals surface area contributed by atoms with Crippen molar-refractivity contribution < 1.29 is 35.5 Å². The summed E-state index contributed by atoms with van der Waals surface area (Å²) in [4.78, 5) is 0. The van der Waals surface area contributed by atoms with Crippen LogP contribution in [0, 0.1) is 0 Å².